The highest BCUT2D eigenvalue weighted by molar-refractivity contribution is 5.11. The van der Waals surface area contributed by atoms with Gasteiger partial charge in [0.05, 0.1) is 6.10 Å². The van der Waals surface area contributed by atoms with Crippen molar-refractivity contribution >= 4 is 0 Å². The van der Waals surface area contributed by atoms with Crippen LogP contribution in [-0.4, -0.2) is 11.2 Å². The van der Waals surface area contributed by atoms with E-state index in [4.69, 9.17) is 0 Å². The third-order valence-corrected chi connectivity index (χ3v) is 5.04. The summed E-state index contributed by atoms with van der Waals surface area (Å²) in [4.78, 5) is 0. The van der Waals surface area contributed by atoms with Crippen molar-refractivity contribution in [2.75, 3.05) is 0 Å². The monoisotopic (exact) mass is 182 g/mol. The van der Waals surface area contributed by atoms with E-state index in [9.17, 15) is 5.11 Å². The Bertz CT molecular complexity index is 219. The smallest absolute Gasteiger partial charge is 0.0652 e. The average Bonchev–Trinajstić information content (AvgIpc) is 2.53. The molecule has 2 fully saturated rings. The van der Waals surface area contributed by atoms with Crippen LogP contribution in [0.3, 0.4) is 0 Å². The highest BCUT2D eigenvalue weighted by Crippen LogP contribution is 2.65. The second-order valence-corrected chi connectivity index (χ2v) is 6.05. The molecule has 2 bridgehead atoms. The molecule has 0 amide bonds. The van der Waals surface area contributed by atoms with Gasteiger partial charge in [0.15, 0.2) is 0 Å². The summed E-state index contributed by atoms with van der Waals surface area (Å²) in [6.07, 6.45) is 3.78. The lowest BCUT2D eigenvalue weighted by molar-refractivity contribution is -0.0620. The van der Waals surface area contributed by atoms with Crippen molar-refractivity contribution in [2.45, 2.75) is 53.1 Å². The molecule has 1 nitrogen and oxygen atoms in total. The highest BCUT2D eigenvalue weighted by Gasteiger charge is 2.62. The molecule has 2 rings (SSSR count). The maximum atomic E-state index is 10.4. The van der Waals surface area contributed by atoms with E-state index in [-0.39, 0.29) is 16.9 Å². The molecular weight excluding hydrogens is 160 g/mol. The van der Waals surface area contributed by atoms with Crippen molar-refractivity contribution in [3.05, 3.63) is 0 Å². The van der Waals surface area contributed by atoms with Gasteiger partial charge in [0.1, 0.15) is 0 Å². The Hall–Kier alpha value is -0.0400. The first-order valence-electron chi connectivity index (χ1n) is 5.59. The van der Waals surface area contributed by atoms with Crippen LogP contribution in [-0.2, 0) is 0 Å². The molecule has 0 radical (unpaired) electrons. The van der Waals surface area contributed by atoms with Crippen LogP contribution in [0, 0.1) is 22.7 Å². The zero-order valence-electron chi connectivity index (χ0n) is 9.30. The summed E-state index contributed by atoms with van der Waals surface area (Å²) in [6, 6.07) is 0. The van der Waals surface area contributed by atoms with Crippen molar-refractivity contribution in [3.8, 4) is 0 Å². The largest absolute Gasteiger partial charge is 0.392 e. The van der Waals surface area contributed by atoms with Crippen LogP contribution >= 0.6 is 0 Å². The van der Waals surface area contributed by atoms with Crippen LogP contribution in [0.4, 0.5) is 0 Å². The van der Waals surface area contributed by atoms with Crippen molar-refractivity contribution in [1.82, 2.24) is 0 Å². The molecule has 0 spiro atoms. The number of rotatable bonds is 1. The first-order chi connectivity index (χ1) is 5.91. The van der Waals surface area contributed by atoms with Crippen LogP contribution in [0.1, 0.15) is 47.0 Å². The standard InChI is InChI=1S/C12H22O/c1-8(2)12-6-5-9(7-12)11(3,4)10(12)13/h8-10,13H,5-7H2,1-4H3/t9-,10+,12+/m0/s1. The fraction of sp³-hybridized carbons (Fsp3) is 1.00. The Morgan fingerprint density at radius 1 is 1.31 bits per heavy atom. The van der Waals surface area contributed by atoms with Crippen LogP contribution in [0.25, 0.3) is 0 Å². The first kappa shape index (κ1) is 9.51. The molecule has 2 aliphatic rings. The molecule has 0 heterocycles. The van der Waals surface area contributed by atoms with E-state index in [2.05, 4.69) is 27.7 Å². The lowest BCUT2D eigenvalue weighted by Gasteiger charge is -2.43. The van der Waals surface area contributed by atoms with Gasteiger partial charge < -0.3 is 5.11 Å². The van der Waals surface area contributed by atoms with E-state index in [0.29, 0.717) is 5.92 Å². The topological polar surface area (TPSA) is 20.2 Å². The quantitative estimate of drug-likeness (QED) is 0.661. The second-order valence-electron chi connectivity index (χ2n) is 6.05. The summed E-state index contributed by atoms with van der Waals surface area (Å²) in [5.41, 5.74) is 0.427. The molecule has 2 saturated carbocycles. The third-order valence-electron chi connectivity index (χ3n) is 5.04. The average molecular weight is 182 g/mol. The molecule has 0 saturated heterocycles. The molecule has 13 heavy (non-hydrogen) atoms. The van der Waals surface area contributed by atoms with Gasteiger partial charge in [-0.1, -0.05) is 27.7 Å². The minimum Gasteiger partial charge on any atom is -0.392 e. The van der Waals surface area contributed by atoms with Crippen LogP contribution in [0.2, 0.25) is 0 Å². The summed E-state index contributed by atoms with van der Waals surface area (Å²) in [5.74, 6) is 1.40. The lowest BCUT2D eigenvalue weighted by Crippen LogP contribution is -2.44. The summed E-state index contributed by atoms with van der Waals surface area (Å²) in [5, 5.41) is 10.4. The van der Waals surface area contributed by atoms with Gasteiger partial charge in [-0.2, -0.15) is 0 Å². The molecule has 1 heteroatoms. The minimum absolute atomic E-state index is 0.0706. The minimum atomic E-state index is -0.0706. The summed E-state index contributed by atoms with van der Waals surface area (Å²) < 4.78 is 0. The molecular formula is C12H22O. The summed E-state index contributed by atoms with van der Waals surface area (Å²) in [7, 11) is 0. The number of hydrogen-bond donors (Lipinski definition) is 1. The molecule has 76 valence electrons. The lowest BCUT2D eigenvalue weighted by atomic mass is 9.65. The Labute approximate surface area is 81.5 Å². The van der Waals surface area contributed by atoms with Crippen molar-refractivity contribution in [2.24, 2.45) is 22.7 Å². The van der Waals surface area contributed by atoms with Gasteiger partial charge in [0.25, 0.3) is 0 Å². The summed E-state index contributed by atoms with van der Waals surface area (Å²) >= 11 is 0. The van der Waals surface area contributed by atoms with E-state index >= 15 is 0 Å². The van der Waals surface area contributed by atoms with Crippen LogP contribution in [0.15, 0.2) is 0 Å². The van der Waals surface area contributed by atoms with E-state index in [1.807, 2.05) is 0 Å². The first-order valence-corrected chi connectivity index (χ1v) is 5.59. The molecule has 2 aliphatic carbocycles. The van der Waals surface area contributed by atoms with E-state index in [0.717, 1.165) is 5.92 Å². The van der Waals surface area contributed by atoms with Crippen molar-refractivity contribution in [1.29, 1.82) is 0 Å². The van der Waals surface area contributed by atoms with E-state index < -0.39 is 0 Å². The zero-order chi connectivity index (χ0) is 9.85. The SMILES string of the molecule is CC(C)[C@@]12CC[C@@H](C1)C(C)(C)[C@H]2O. The van der Waals surface area contributed by atoms with E-state index in [1.54, 1.807) is 0 Å². The molecule has 3 atom stereocenters. The highest BCUT2D eigenvalue weighted by atomic mass is 16.3. The maximum Gasteiger partial charge on any atom is 0.0652 e. The van der Waals surface area contributed by atoms with Crippen LogP contribution < -0.4 is 0 Å². The summed E-state index contributed by atoms with van der Waals surface area (Å²) in [6.45, 7) is 9.03. The molecule has 0 aromatic carbocycles. The Balaban J connectivity index is 2.34. The fourth-order valence-corrected chi connectivity index (χ4v) is 3.79. The predicted molar refractivity (Wildman–Crippen MR) is 54.4 cm³/mol. The predicted octanol–water partition coefficient (Wildman–Crippen LogP) is 2.83. The fourth-order valence-electron chi connectivity index (χ4n) is 3.79. The van der Waals surface area contributed by atoms with Crippen molar-refractivity contribution < 1.29 is 5.11 Å². The van der Waals surface area contributed by atoms with Crippen LogP contribution in [0.5, 0.6) is 0 Å². The van der Waals surface area contributed by atoms with Gasteiger partial charge in [0.2, 0.25) is 0 Å². The van der Waals surface area contributed by atoms with Gasteiger partial charge in [-0.3, -0.25) is 0 Å². The molecule has 0 aromatic rings. The van der Waals surface area contributed by atoms with Gasteiger partial charge in [-0.05, 0) is 41.9 Å². The molecule has 0 unspecified atom stereocenters. The number of hydrogen-bond acceptors (Lipinski definition) is 1. The molecule has 0 aromatic heterocycles. The van der Waals surface area contributed by atoms with Gasteiger partial charge >= 0.3 is 0 Å². The van der Waals surface area contributed by atoms with Gasteiger partial charge in [0, 0.05) is 0 Å². The number of aliphatic hydroxyl groups is 1. The van der Waals surface area contributed by atoms with E-state index in [1.165, 1.54) is 19.3 Å². The number of aliphatic hydroxyl groups excluding tert-OH is 1. The third kappa shape index (κ3) is 0.971. The Morgan fingerprint density at radius 3 is 2.23 bits per heavy atom. The number of fused-ring (bicyclic) bond motifs is 2. The molecule has 0 aliphatic heterocycles. The Kier molecular flexibility index (Phi) is 1.83. The van der Waals surface area contributed by atoms with Gasteiger partial charge in [-0.15, -0.1) is 0 Å². The van der Waals surface area contributed by atoms with Crippen molar-refractivity contribution in [3.63, 3.8) is 0 Å². The zero-order valence-corrected chi connectivity index (χ0v) is 9.30. The van der Waals surface area contributed by atoms with Gasteiger partial charge in [-0.25, -0.2) is 0 Å². The molecule has 1 N–H and O–H groups in total. The Morgan fingerprint density at radius 2 is 1.92 bits per heavy atom. The maximum absolute atomic E-state index is 10.4. The second kappa shape index (κ2) is 2.50. The normalized spacial score (nSPS) is 47.5.